The highest BCUT2D eigenvalue weighted by Crippen LogP contribution is 2.24. The van der Waals surface area contributed by atoms with E-state index in [-0.39, 0.29) is 6.04 Å². The number of nitrogens with zero attached hydrogens (tertiary/aromatic N) is 6. The molecule has 9 heteroatoms. The number of hydrogen-bond donors (Lipinski definition) is 0. The number of tetrazole rings is 1. The van der Waals surface area contributed by atoms with Crippen molar-refractivity contribution in [1.29, 1.82) is 0 Å². The summed E-state index contributed by atoms with van der Waals surface area (Å²) in [6.45, 7) is 4.04. The molecular weight excluding hydrogens is 324 g/mol. The van der Waals surface area contributed by atoms with Gasteiger partial charge in [0.15, 0.2) is 0 Å². The molecule has 1 aromatic carbocycles. The van der Waals surface area contributed by atoms with E-state index in [0.717, 1.165) is 10.7 Å². The predicted molar refractivity (Wildman–Crippen MR) is 82.5 cm³/mol. The van der Waals surface area contributed by atoms with Gasteiger partial charge in [0.05, 0.1) is 11.8 Å². The lowest BCUT2D eigenvalue weighted by molar-refractivity contribution is 0.476. The second-order valence-corrected chi connectivity index (χ2v) is 6.18. The molecule has 0 spiro atoms. The average Bonchev–Trinajstić information content (AvgIpc) is 3.15. The van der Waals surface area contributed by atoms with E-state index < -0.39 is 0 Å². The van der Waals surface area contributed by atoms with Gasteiger partial charge in [0.1, 0.15) is 0 Å². The zero-order chi connectivity index (χ0) is 15.5. The molecule has 0 aliphatic rings. The van der Waals surface area contributed by atoms with Gasteiger partial charge in [0.2, 0.25) is 16.9 Å². The van der Waals surface area contributed by atoms with Gasteiger partial charge in [-0.05, 0) is 48.5 Å². The molecule has 0 aliphatic heterocycles. The van der Waals surface area contributed by atoms with Gasteiger partial charge in [-0.3, -0.25) is 0 Å². The van der Waals surface area contributed by atoms with Crippen molar-refractivity contribution in [2.45, 2.75) is 30.8 Å². The highest BCUT2D eigenvalue weighted by molar-refractivity contribution is 7.98. The molecule has 0 radical (unpaired) electrons. The Kier molecular flexibility index (Phi) is 4.39. The van der Waals surface area contributed by atoms with Crippen LogP contribution >= 0.6 is 23.4 Å². The topological polar surface area (TPSA) is 82.5 Å². The molecule has 0 saturated carbocycles. The number of halogens is 1. The summed E-state index contributed by atoms with van der Waals surface area (Å²) in [7, 11) is 0. The maximum Gasteiger partial charge on any atom is 0.247 e. The second kappa shape index (κ2) is 6.45. The van der Waals surface area contributed by atoms with Crippen molar-refractivity contribution < 1.29 is 4.42 Å². The zero-order valence-electron chi connectivity index (χ0n) is 12.0. The molecule has 2 aromatic heterocycles. The monoisotopic (exact) mass is 336 g/mol. The van der Waals surface area contributed by atoms with Crippen LogP contribution in [0, 0.1) is 0 Å². The van der Waals surface area contributed by atoms with Gasteiger partial charge >= 0.3 is 0 Å². The van der Waals surface area contributed by atoms with Crippen molar-refractivity contribution in [3.05, 3.63) is 35.2 Å². The molecule has 0 bridgehead atoms. The first-order chi connectivity index (χ1) is 10.6. The lowest BCUT2D eigenvalue weighted by Gasteiger charge is -2.05. The molecule has 114 valence electrons. The third kappa shape index (κ3) is 3.28. The Hall–Kier alpha value is -1.93. The number of rotatable bonds is 5. The zero-order valence-corrected chi connectivity index (χ0v) is 13.5. The van der Waals surface area contributed by atoms with Gasteiger partial charge in [-0.25, -0.2) is 4.68 Å². The van der Waals surface area contributed by atoms with Crippen molar-refractivity contribution in [2.24, 2.45) is 0 Å². The fourth-order valence-corrected chi connectivity index (χ4v) is 2.72. The first-order valence-corrected chi connectivity index (χ1v) is 7.99. The van der Waals surface area contributed by atoms with Gasteiger partial charge in [0.25, 0.3) is 0 Å². The molecular formula is C13H13ClN6OS. The smallest absolute Gasteiger partial charge is 0.247 e. The van der Waals surface area contributed by atoms with Gasteiger partial charge in [-0.1, -0.05) is 23.4 Å². The van der Waals surface area contributed by atoms with E-state index in [0.29, 0.717) is 22.6 Å². The van der Waals surface area contributed by atoms with Crippen LogP contribution < -0.4 is 0 Å². The molecule has 0 unspecified atom stereocenters. The summed E-state index contributed by atoms with van der Waals surface area (Å²) in [5.41, 5.74) is 0.833. The maximum atomic E-state index is 5.86. The summed E-state index contributed by atoms with van der Waals surface area (Å²) in [6, 6.07) is 7.45. The third-order valence-electron chi connectivity index (χ3n) is 2.83. The van der Waals surface area contributed by atoms with Crippen LogP contribution in [0.1, 0.15) is 25.8 Å². The lowest BCUT2D eigenvalue weighted by atomic mass is 10.2. The molecule has 0 aliphatic carbocycles. The maximum absolute atomic E-state index is 5.86. The van der Waals surface area contributed by atoms with E-state index in [1.165, 1.54) is 11.8 Å². The Morgan fingerprint density at radius 1 is 1.18 bits per heavy atom. The fraction of sp³-hybridized carbons (Fsp3) is 0.308. The molecule has 3 aromatic rings. The van der Waals surface area contributed by atoms with Crippen LogP contribution in [0.2, 0.25) is 5.02 Å². The first-order valence-electron chi connectivity index (χ1n) is 6.62. The van der Waals surface area contributed by atoms with Crippen LogP contribution in [0.3, 0.4) is 0 Å². The minimum atomic E-state index is 0.199. The van der Waals surface area contributed by atoms with Crippen LogP contribution in [0.25, 0.3) is 11.5 Å². The summed E-state index contributed by atoms with van der Waals surface area (Å²) in [6.07, 6.45) is 0. The molecule has 0 amide bonds. The second-order valence-electron chi connectivity index (χ2n) is 4.80. The van der Waals surface area contributed by atoms with E-state index >= 15 is 0 Å². The minimum absolute atomic E-state index is 0.199. The summed E-state index contributed by atoms with van der Waals surface area (Å²) < 4.78 is 7.40. The Morgan fingerprint density at radius 3 is 2.68 bits per heavy atom. The molecule has 0 atom stereocenters. The largest absolute Gasteiger partial charge is 0.420 e. The average molecular weight is 337 g/mol. The van der Waals surface area contributed by atoms with Crippen molar-refractivity contribution in [1.82, 2.24) is 30.4 Å². The van der Waals surface area contributed by atoms with Crippen LogP contribution in [-0.2, 0) is 5.75 Å². The summed E-state index contributed by atoms with van der Waals surface area (Å²) in [5, 5.41) is 21.1. The normalized spacial score (nSPS) is 11.3. The standard InChI is InChI=1S/C13H13ClN6OS/c1-8(2)20-13(17-18-19-20)22-7-11-15-16-12(21-11)9-3-5-10(14)6-4-9/h3-6,8H,7H2,1-2H3. The summed E-state index contributed by atoms with van der Waals surface area (Å²) in [5.74, 6) is 1.50. The molecule has 3 rings (SSSR count). The SMILES string of the molecule is CC(C)n1nnnc1SCc1nnc(-c2ccc(Cl)cc2)o1. The third-order valence-corrected chi connectivity index (χ3v) is 4.00. The number of thioether (sulfide) groups is 1. The van der Waals surface area contributed by atoms with E-state index in [2.05, 4.69) is 25.7 Å². The van der Waals surface area contributed by atoms with Gasteiger partial charge in [0, 0.05) is 10.6 Å². The molecule has 2 heterocycles. The Bertz CT molecular complexity index is 754. The highest BCUT2D eigenvalue weighted by atomic mass is 35.5. The Morgan fingerprint density at radius 2 is 1.95 bits per heavy atom. The van der Waals surface area contributed by atoms with Crippen LogP contribution in [0.5, 0.6) is 0 Å². The lowest BCUT2D eigenvalue weighted by Crippen LogP contribution is -2.04. The molecule has 0 fully saturated rings. The van der Waals surface area contributed by atoms with Crippen LogP contribution in [-0.4, -0.2) is 30.4 Å². The highest BCUT2D eigenvalue weighted by Gasteiger charge is 2.13. The van der Waals surface area contributed by atoms with Crippen LogP contribution in [0.15, 0.2) is 33.8 Å². The van der Waals surface area contributed by atoms with Gasteiger partial charge in [-0.2, -0.15) is 0 Å². The Labute approximate surface area is 136 Å². The minimum Gasteiger partial charge on any atom is -0.420 e. The quantitative estimate of drug-likeness (QED) is 0.661. The van der Waals surface area contributed by atoms with Crippen molar-refractivity contribution in [3.8, 4) is 11.5 Å². The van der Waals surface area contributed by atoms with Crippen molar-refractivity contribution in [2.75, 3.05) is 0 Å². The molecule has 22 heavy (non-hydrogen) atoms. The summed E-state index contributed by atoms with van der Waals surface area (Å²) in [4.78, 5) is 0. The Balaban J connectivity index is 1.69. The molecule has 0 N–H and O–H groups in total. The van der Waals surface area contributed by atoms with Gasteiger partial charge < -0.3 is 4.42 Å². The fourth-order valence-electron chi connectivity index (χ4n) is 1.75. The predicted octanol–water partition coefficient (Wildman–Crippen LogP) is 3.25. The van der Waals surface area contributed by atoms with E-state index in [1.807, 2.05) is 26.0 Å². The van der Waals surface area contributed by atoms with Crippen molar-refractivity contribution in [3.63, 3.8) is 0 Å². The van der Waals surface area contributed by atoms with E-state index in [4.69, 9.17) is 16.0 Å². The van der Waals surface area contributed by atoms with E-state index in [9.17, 15) is 0 Å². The number of hydrogen-bond acceptors (Lipinski definition) is 7. The first kappa shape index (κ1) is 15.0. The number of benzene rings is 1. The van der Waals surface area contributed by atoms with Gasteiger partial charge in [-0.15, -0.1) is 15.3 Å². The summed E-state index contributed by atoms with van der Waals surface area (Å²) >= 11 is 7.32. The number of aromatic nitrogens is 6. The van der Waals surface area contributed by atoms with E-state index in [1.54, 1.807) is 16.8 Å². The van der Waals surface area contributed by atoms with Crippen molar-refractivity contribution >= 4 is 23.4 Å². The molecule has 0 saturated heterocycles. The van der Waals surface area contributed by atoms with Crippen LogP contribution in [0.4, 0.5) is 0 Å². The molecule has 7 nitrogen and oxygen atoms in total.